The number of H-pyrrole nitrogens is 1. The highest BCUT2D eigenvalue weighted by Crippen LogP contribution is 2.38. The van der Waals surface area contributed by atoms with E-state index in [1.54, 1.807) is 25.1 Å². The Labute approximate surface area is 187 Å². The number of phenols is 1. The third-order valence-corrected chi connectivity index (χ3v) is 5.77. The van der Waals surface area contributed by atoms with Gasteiger partial charge in [0.2, 0.25) is 5.76 Å². The molecule has 1 aliphatic rings. The molecule has 33 heavy (non-hydrogen) atoms. The molecule has 2 heterocycles. The van der Waals surface area contributed by atoms with Crippen molar-refractivity contribution in [2.75, 3.05) is 0 Å². The standard InChI is InChI=1S/C24H20N4O5/c1-13-21(23(30)28(27-13)17-9-8-14-4-2-5-15(14)10-17)26-25-19-7-3-6-18(22(19)29)16-11-20(24(31)32)33-12-16/h3,6-12,27,29H,2,4-5H2,1H3,(H,31,32). The number of phenolic OH excluding ortho intramolecular Hbond substituents is 1. The van der Waals surface area contributed by atoms with Crippen LogP contribution in [0.25, 0.3) is 16.8 Å². The van der Waals surface area contributed by atoms with Crippen molar-refractivity contribution < 1.29 is 19.4 Å². The number of benzene rings is 2. The number of carbonyl (C=O) groups is 1. The summed E-state index contributed by atoms with van der Waals surface area (Å²) in [7, 11) is 0. The van der Waals surface area contributed by atoms with Gasteiger partial charge in [-0.1, -0.05) is 18.2 Å². The second-order valence-corrected chi connectivity index (χ2v) is 7.91. The normalized spacial score (nSPS) is 13.0. The van der Waals surface area contributed by atoms with Gasteiger partial charge in [-0.25, -0.2) is 9.48 Å². The van der Waals surface area contributed by atoms with Crippen LogP contribution in [0.4, 0.5) is 11.4 Å². The summed E-state index contributed by atoms with van der Waals surface area (Å²) < 4.78 is 6.44. The summed E-state index contributed by atoms with van der Waals surface area (Å²) in [4.78, 5) is 24.1. The lowest BCUT2D eigenvalue weighted by Crippen LogP contribution is -2.14. The van der Waals surface area contributed by atoms with Crippen LogP contribution in [0.2, 0.25) is 0 Å². The minimum Gasteiger partial charge on any atom is -0.505 e. The smallest absolute Gasteiger partial charge is 0.371 e. The molecule has 4 aromatic rings. The van der Waals surface area contributed by atoms with Crippen molar-refractivity contribution >= 4 is 17.3 Å². The molecule has 166 valence electrons. The minimum absolute atomic E-state index is 0.134. The maximum absolute atomic E-state index is 13.0. The Hall–Kier alpha value is -4.40. The number of aromatic amines is 1. The first kappa shape index (κ1) is 20.5. The molecule has 9 nitrogen and oxygen atoms in total. The Morgan fingerprint density at radius 3 is 2.73 bits per heavy atom. The average molecular weight is 444 g/mol. The molecule has 2 aromatic heterocycles. The number of azo groups is 1. The molecule has 0 atom stereocenters. The van der Waals surface area contributed by atoms with Crippen molar-refractivity contribution in [1.29, 1.82) is 0 Å². The number of aryl methyl sites for hydroxylation is 3. The highest BCUT2D eigenvalue weighted by atomic mass is 16.4. The maximum Gasteiger partial charge on any atom is 0.371 e. The number of carboxylic acids is 1. The summed E-state index contributed by atoms with van der Waals surface area (Å²) in [5.74, 6) is -1.66. The van der Waals surface area contributed by atoms with Gasteiger partial charge >= 0.3 is 5.97 Å². The van der Waals surface area contributed by atoms with Crippen molar-refractivity contribution in [3.8, 4) is 22.6 Å². The number of nitrogens with one attached hydrogen (secondary N) is 1. The van der Waals surface area contributed by atoms with E-state index in [1.807, 2.05) is 12.1 Å². The Kier molecular flexibility index (Phi) is 4.93. The van der Waals surface area contributed by atoms with Crippen molar-refractivity contribution in [2.45, 2.75) is 26.2 Å². The SMILES string of the molecule is Cc1[nH]n(-c2ccc3c(c2)CCC3)c(=O)c1N=Nc1cccc(-c2coc(C(=O)O)c2)c1O. The Balaban J connectivity index is 1.48. The molecule has 5 rings (SSSR count). The Morgan fingerprint density at radius 1 is 1.12 bits per heavy atom. The number of hydrogen-bond donors (Lipinski definition) is 3. The van der Waals surface area contributed by atoms with Gasteiger partial charge in [0.1, 0.15) is 5.69 Å². The predicted octanol–water partition coefficient (Wildman–Crippen LogP) is 5.04. The van der Waals surface area contributed by atoms with Gasteiger partial charge in [-0.15, -0.1) is 10.2 Å². The van der Waals surface area contributed by atoms with E-state index in [1.165, 1.54) is 28.1 Å². The number of hydrogen-bond acceptors (Lipinski definition) is 6. The largest absolute Gasteiger partial charge is 0.505 e. The minimum atomic E-state index is -1.21. The van der Waals surface area contributed by atoms with E-state index in [9.17, 15) is 14.7 Å². The van der Waals surface area contributed by atoms with Crippen LogP contribution < -0.4 is 5.56 Å². The average Bonchev–Trinajstić information content (AvgIpc) is 3.52. The first-order valence-electron chi connectivity index (χ1n) is 10.4. The molecule has 9 heteroatoms. The van der Waals surface area contributed by atoms with Gasteiger partial charge in [0.05, 0.1) is 17.6 Å². The van der Waals surface area contributed by atoms with Crippen LogP contribution in [-0.4, -0.2) is 26.0 Å². The number of carboxylic acid groups (broad SMARTS) is 1. The van der Waals surface area contributed by atoms with Crippen LogP contribution in [0.5, 0.6) is 5.75 Å². The highest BCUT2D eigenvalue weighted by Gasteiger charge is 2.17. The fraction of sp³-hybridized carbons (Fsp3) is 0.167. The molecular weight excluding hydrogens is 424 g/mol. The number of para-hydroxylation sites is 1. The topological polar surface area (TPSA) is 133 Å². The summed E-state index contributed by atoms with van der Waals surface area (Å²) in [6.45, 7) is 1.73. The van der Waals surface area contributed by atoms with Crippen LogP contribution in [0, 0.1) is 6.92 Å². The molecule has 1 aliphatic carbocycles. The quantitative estimate of drug-likeness (QED) is 0.371. The molecule has 0 fully saturated rings. The van der Waals surface area contributed by atoms with Crippen LogP contribution >= 0.6 is 0 Å². The van der Waals surface area contributed by atoms with E-state index in [-0.39, 0.29) is 28.4 Å². The molecule has 2 aromatic carbocycles. The second kappa shape index (κ2) is 7.94. The number of nitrogens with zero attached hydrogens (tertiary/aromatic N) is 3. The van der Waals surface area contributed by atoms with E-state index >= 15 is 0 Å². The molecule has 0 bridgehead atoms. The zero-order valence-corrected chi connectivity index (χ0v) is 17.7. The summed E-state index contributed by atoms with van der Waals surface area (Å²) >= 11 is 0. The Morgan fingerprint density at radius 2 is 1.94 bits per heavy atom. The number of furan rings is 1. The van der Waals surface area contributed by atoms with Gasteiger partial charge in [0.15, 0.2) is 11.4 Å². The molecule has 0 unspecified atom stereocenters. The van der Waals surface area contributed by atoms with E-state index in [2.05, 4.69) is 21.4 Å². The molecule has 0 saturated carbocycles. The molecule has 0 aliphatic heterocycles. The predicted molar refractivity (Wildman–Crippen MR) is 120 cm³/mol. The molecule has 0 saturated heterocycles. The molecule has 0 spiro atoms. The van der Waals surface area contributed by atoms with Crippen LogP contribution in [0.15, 0.2) is 68.2 Å². The van der Waals surface area contributed by atoms with E-state index < -0.39 is 5.97 Å². The van der Waals surface area contributed by atoms with Gasteiger partial charge in [-0.3, -0.25) is 9.89 Å². The lowest BCUT2D eigenvalue weighted by molar-refractivity contribution is 0.0662. The van der Waals surface area contributed by atoms with E-state index in [4.69, 9.17) is 9.52 Å². The second-order valence-electron chi connectivity index (χ2n) is 7.91. The fourth-order valence-electron chi connectivity index (χ4n) is 4.07. The third-order valence-electron chi connectivity index (χ3n) is 5.77. The number of rotatable bonds is 5. The summed E-state index contributed by atoms with van der Waals surface area (Å²) in [6, 6.07) is 12.1. The number of aromatic nitrogens is 2. The number of aromatic hydroxyl groups is 1. The third kappa shape index (κ3) is 3.63. The summed E-state index contributed by atoms with van der Waals surface area (Å²) in [6.07, 6.45) is 4.43. The lowest BCUT2D eigenvalue weighted by Gasteiger charge is -2.05. The molecule has 0 amide bonds. The lowest BCUT2D eigenvalue weighted by atomic mass is 10.1. The van der Waals surface area contributed by atoms with Gasteiger partial charge < -0.3 is 14.6 Å². The zero-order chi connectivity index (χ0) is 23.1. The van der Waals surface area contributed by atoms with Gasteiger partial charge in [0.25, 0.3) is 5.56 Å². The summed E-state index contributed by atoms with van der Waals surface area (Å²) in [5, 5.41) is 30.9. The summed E-state index contributed by atoms with van der Waals surface area (Å²) in [5.41, 5.74) is 4.50. The van der Waals surface area contributed by atoms with Crippen LogP contribution in [0.3, 0.4) is 0 Å². The van der Waals surface area contributed by atoms with E-state index in [0.717, 1.165) is 24.9 Å². The first-order valence-corrected chi connectivity index (χ1v) is 10.4. The first-order chi connectivity index (χ1) is 15.9. The molecule has 3 N–H and O–H groups in total. The Bertz CT molecular complexity index is 1470. The maximum atomic E-state index is 13.0. The van der Waals surface area contributed by atoms with Gasteiger partial charge in [-0.2, -0.15) is 0 Å². The van der Waals surface area contributed by atoms with Gasteiger partial charge in [-0.05, 0) is 61.6 Å². The van der Waals surface area contributed by atoms with Crippen LogP contribution in [-0.2, 0) is 12.8 Å². The fourth-order valence-corrected chi connectivity index (χ4v) is 4.07. The van der Waals surface area contributed by atoms with Crippen LogP contribution in [0.1, 0.15) is 33.8 Å². The number of aromatic carboxylic acids is 1. The zero-order valence-electron chi connectivity index (χ0n) is 17.7. The molecular formula is C24H20N4O5. The van der Waals surface area contributed by atoms with Crippen molar-refractivity contribution in [1.82, 2.24) is 9.78 Å². The van der Waals surface area contributed by atoms with Crippen molar-refractivity contribution in [3.63, 3.8) is 0 Å². The van der Waals surface area contributed by atoms with E-state index in [0.29, 0.717) is 16.8 Å². The highest BCUT2D eigenvalue weighted by molar-refractivity contribution is 5.87. The van der Waals surface area contributed by atoms with Crippen molar-refractivity contribution in [3.05, 3.63) is 81.7 Å². The monoisotopic (exact) mass is 444 g/mol. The van der Waals surface area contributed by atoms with Crippen molar-refractivity contribution in [2.24, 2.45) is 10.2 Å². The van der Waals surface area contributed by atoms with Gasteiger partial charge in [0, 0.05) is 11.1 Å². The molecule has 0 radical (unpaired) electrons. The number of fused-ring (bicyclic) bond motifs is 1.